The molecule has 24 heavy (non-hydrogen) atoms. The second-order valence-electron chi connectivity index (χ2n) is 6.40. The number of benzene rings is 1. The fourth-order valence-corrected chi connectivity index (χ4v) is 3.27. The molecule has 1 atom stereocenters. The first-order chi connectivity index (χ1) is 11.5. The second-order valence-corrected chi connectivity index (χ2v) is 6.40. The summed E-state index contributed by atoms with van der Waals surface area (Å²) in [5.41, 5.74) is 1.45. The minimum absolute atomic E-state index is 0.0526. The predicted octanol–water partition coefficient (Wildman–Crippen LogP) is 3.05. The van der Waals surface area contributed by atoms with Crippen LogP contribution in [0.3, 0.4) is 0 Å². The zero-order valence-corrected chi connectivity index (χ0v) is 13.4. The molecule has 0 amide bonds. The lowest BCUT2D eigenvalue weighted by Gasteiger charge is -2.37. The maximum atomic E-state index is 12.8. The van der Waals surface area contributed by atoms with Crippen LogP contribution in [0.2, 0.25) is 0 Å². The number of aliphatic hydroxyl groups is 1. The summed E-state index contributed by atoms with van der Waals surface area (Å²) in [4.78, 5) is 1.49. The molecule has 0 saturated carbocycles. The van der Waals surface area contributed by atoms with E-state index < -0.39 is 12.7 Å². The summed E-state index contributed by atoms with van der Waals surface area (Å²) in [7, 11) is 0. The molecule has 2 saturated heterocycles. The average molecular weight is 345 g/mol. The first kappa shape index (κ1) is 17.5. The summed E-state index contributed by atoms with van der Waals surface area (Å²) in [6.07, 6.45) is -1.87. The molecule has 0 spiro atoms. The highest BCUT2D eigenvalue weighted by Crippen LogP contribution is 2.36. The zero-order chi connectivity index (χ0) is 17.2. The quantitative estimate of drug-likeness (QED) is 0.891. The van der Waals surface area contributed by atoms with Gasteiger partial charge in [0.05, 0.1) is 26.4 Å². The van der Waals surface area contributed by atoms with Crippen molar-refractivity contribution in [2.75, 3.05) is 26.3 Å². The van der Waals surface area contributed by atoms with Crippen LogP contribution in [0.5, 0.6) is 5.75 Å². The highest BCUT2D eigenvalue weighted by atomic mass is 19.4. The summed E-state index contributed by atoms with van der Waals surface area (Å²) in [6, 6.07) is 5.05. The maximum absolute atomic E-state index is 12.8. The van der Waals surface area contributed by atoms with E-state index in [4.69, 9.17) is 9.47 Å². The molecule has 2 aliphatic heterocycles. The van der Waals surface area contributed by atoms with Crippen molar-refractivity contribution in [3.8, 4) is 5.75 Å². The van der Waals surface area contributed by atoms with E-state index in [1.165, 1.54) is 4.90 Å². The SMILES string of the molecule is OCc1ccc(C2CCCCN2CC(F)(F)F)cc1OC1COC1. The van der Waals surface area contributed by atoms with Gasteiger partial charge >= 0.3 is 6.18 Å². The lowest BCUT2D eigenvalue weighted by atomic mass is 9.94. The molecule has 0 aliphatic carbocycles. The number of alkyl halides is 3. The molecular weight excluding hydrogens is 323 g/mol. The lowest BCUT2D eigenvalue weighted by Crippen LogP contribution is -2.40. The van der Waals surface area contributed by atoms with Crippen molar-refractivity contribution in [3.63, 3.8) is 0 Å². The van der Waals surface area contributed by atoms with Crippen LogP contribution in [0.15, 0.2) is 18.2 Å². The van der Waals surface area contributed by atoms with E-state index in [-0.39, 0.29) is 18.8 Å². The lowest BCUT2D eigenvalue weighted by molar-refractivity contribution is -0.153. The van der Waals surface area contributed by atoms with E-state index in [9.17, 15) is 18.3 Å². The molecule has 7 heteroatoms. The Kier molecular flexibility index (Phi) is 5.32. The fraction of sp³-hybridized carbons (Fsp3) is 0.647. The highest BCUT2D eigenvalue weighted by molar-refractivity contribution is 5.39. The number of hydrogen-bond acceptors (Lipinski definition) is 4. The Morgan fingerprint density at radius 2 is 2.04 bits per heavy atom. The van der Waals surface area contributed by atoms with Crippen LogP contribution in [0, 0.1) is 0 Å². The van der Waals surface area contributed by atoms with Crippen LogP contribution in [0.4, 0.5) is 13.2 Å². The van der Waals surface area contributed by atoms with Gasteiger partial charge in [-0.1, -0.05) is 18.6 Å². The van der Waals surface area contributed by atoms with Gasteiger partial charge in [-0.3, -0.25) is 4.90 Å². The van der Waals surface area contributed by atoms with Crippen molar-refractivity contribution in [1.29, 1.82) is 0 Å². The van der Waals surface area contributed by atoms with E-state index >= 15 is 0 Å². The van der Waals surface area contributed by atoms with Crippen LogP contribution in [0.1, 0.15) is 36.4 Å². The van der Waals surface area contributed by atoms with Crippen LogP contribution >= 0.6 is 0 Å². The fourth-order valence-electron chi connectivity index (χ4n) is 3.27. The third-order valence-electron chi connectivity index (χ3n) is 4.54. The van der Waals surface area contributed by atoms with E-state index in [1.54, 1.807) is 18.2 Å². The van der Waals surface area contributed by atoms with Crippen LogP contribution < -0.4 is 4.74 Å². The van der Waals surface area contributed by atoms with Gasteiger partial charge < -0.3 is 14.6 Å². The number of rotatable bonds is 5. The largest absolute Gasteiger partial charge is 0.485 e. The number of aliphatic hydroxyl groups excluding tert-OH is 1. The molecule has 0 bridgehead atoms. The average Bonchev–Trinajstić information content (AvgIpc) is 2.50. The van der Waals surface area contributed by atoms with Crippen molar-refractivity contribution in [3.05, 3.63) is 29.3 Å². The third-order valence-corrected chi connectivity index (χ3v) is 4.54. The van der Waals surface area contributed by atoms with Gasteiger partial charge in [-0.05, 0) is 31.0 Å². The monoisotopic (exact) mass is 345 g/mol. The summed E-state index contributed by atoms with van der Waals surface area (Å²) >= 11 is 0. The topological polar surface area (TPSA) is 41.9 Å². The van der Waals surface area contributed by atoms with Gasteiger partial charge in [0.25, 0.3) is 0 Å². The Morgan fingerprint density at radius 1 is 1.25 bits per heavy atom. The van der Waals surface area contributed by atoms with Gasteiger partial charge in [0, 0.05) is 11.6 Å². The number of halogens is 3. The van der Waals surface area contributed by atoms with Crippen molar-refractivity contribution >= 4 is 0 Å². The van der Waals surface area contributed by atoms with Crippen molar-refractivity contribution in [1.82, 2.24) is 4.90 Å². The van der Waals surface area contributed by atoms with Gasteiger partial charge in [0.1, 0.15) is 11.9 Å². The first-order valence-electron chi connectivity index (χ1n) is 8.25. The molecule has 2 heterocycles. The van der Waals surface area contributed by atoms with Crippen molar-refractivity contribution in [2.24, 2.45) is 0 Å². The Balaban J connectivity index is 1.81. The minimum atomic E-state index is -4.21. The van der Waals surface area contributed by atoms with Gasteiger partial charge in [0.2, 0.25) is 0 Å². The molecule has 2 fully saturated rings. The molecular formula is C17H22F3NO3. The zero-order valence-electron chi connectivity index (χ0n) is 13.4. The molecule has 1 N–H and O–H groups in total. The maximum Gasteiger partial charge on any atom is 0.401 e. The molecule has 134 valence electrons. The van der Waals surface area contributed by atoms with E-state index in [1.807, 2.05) is 0 Å². The second kappa shape index (κ2) is 7.29. The predicted molar refractivity (Wildman–Crippen MR) is 81.8 cm³/mol. The normalized spacial score (nSPS) is 23.1. The van der Waals surface area contributed by atoms with E-state index in [0.717, 1.165) is 18.4 Å². The molecule has 0 aromatic heterocycles. The Hall–Kier alpha value is -1.31. The summed E-state index contributed by atoms with van der Waals surface area (Å²) in [5.74, 6) is 0.542. The molecule has 1 aromatic rings. The van der Waals surface area contributed by atoms with Gasteiger partial charge in [0.15, 0.2) is 0 Å². The molecule has 0 radical (unpaired) electrons. The van der Waals surface area contributed by atoms with Gasteiger partial charge in [-0.25, -0.2) is 0 Å². The van der Waals surface area contributed by atoms with E-state index in [2.05, 4.69) is 0 Å². The summed E-state index contributed by atoms with van der Waals surface area (Å²) in [6.45, 7) is 0.377. The van der Waals surface area contributed by atoms with Crippen LogP contribution in [0.25, 0.3) is 0 Å². The Morgan fingerprint density at radius 3 is 2.67 bits per heavy atom. The third kappa shape index (κ3) is 4.20. The van der Waals surface area contributed by atoms with Gasteiger partial charge in [-0.2, -0.15) is 13.2 Å². The van der Waals surface area contributed by atoms with Gasteiger partial charge in [-0.15, -0.1) is 0 Å². The summed E-state index contributed by atoms with van der Waals surface area (Å²) < 4.78 is 49.4. The van der Waals surface area contributed by atoms with Crippen molar-refractivity contribution < 1.29 is 27.8 Å². The van der Waals surface area contributed by atoms with E-state index in [0.29, 0.717) is 37.5 Å². The smallest absolute Gasteiger partial charge is 0.401 e. The van der Waals surface area contributed by atoms with Crippen molar-refractivity contribution in [2.45, 2.75) is 44.2 Å². The van der Waals surface area contributed by atoms with Crippen LogP contribution in [-0.2, 0) is 11.3 Å². The minimum Gasteiger partial charge on any atom is -0.485 e. The number of hydrogen-bond donors (Lipinski definition) is 1. The number of ether oxygens (including phenoxy) is 2. The first-order valence-corrected chi connectivity index (χ1v) is 8.25. The number of piperidine rings is 1. The molecule has 1 unspecified atom stereocenters. The van der Waals surface area contributed by atoms with Crippen LogP contribution in [-0.4, -0.2) is 48.6 Å². The summed E-state index contributed by atoms with van der Waals surface area (Å²) in [5, 5.41) is 9.46. The molecule has 2 aliphatic rings. The Bertz CT molecular complexity index is 561. The Labute approximate surface area is 139 Å². The molecule has 4 nitrogen and oxygen atoms in total. The highest BCUT2D eigenvalue weighted by Gasteiger charge is 2.35. The number of nitrogens with zero attached hydrogens (tertiary/aromatic N) is 1. The molecule has 1 aromatic carbocycles. The standard InChI is InChI=1S/C17H22F3NO3/c18-17(19,20)11-21-6-2-1-3-15(21)12-4-5-13(8-22)16(7-12)24-14-9-23-10-14/h4-5,7,14-15,22H,1-3,6,8-11H2. The number of likely N-dealkylation sites (tertiary alicyclic amines) is 1. The molecule has 3 rings (SSSR count).